The third kappa shape index (κ3) is 10.5. The SMILES string of the molecule is CCCCC(CC)CNCCCCCCl. The van der Waals surface area contributed by atoms with E-state index in [0.29, 0.717) is 0 Å². The molecular weight excluding hydrogens is 206 g/mol. The Morgan fingerprint density at radius 3 is 2.47 bits per heavy atom. The predicted octanol–water partition coefficient (Wildman–Crippen LogP) is 4.20. The van der Waals surface area contributed by atoms with E-state index in [4.69, 9.17) is 11.6 Å². The van der Waals surface area contributed by atoms with Crippen molar-refractivity contribution in [2.75, 3.05) is 19.0 Å². The van der Waals surface area contributed by atoms with Crippen LogP contribution in [0.15, 0.2) is 0 Å². The summed E-state index contributed by atoms with van der Waals surface area (Å²) in [6.07, 6.45) is 9.12. The maximum atomic E-state index is 5.62. The molecule has 0 aliphatic rings. The van der Waals surface area contributed by atoms with Crippen molar-refractivity contribution in [2.45, 2.75) is 58.8 Å². The molecule has 0 fully saturated rings. The van der Waals surface area contributed by atoms with Crippen LogP contribution in [0.25, 0.3) is 0 Å². The predicted molar refractivity (Wildman–Crippen MR) is 70.7 cm³/mol. The number of alkyl halides is 1. The van der Waals surface area contributed by atoms with Gasteiger partial charge in [0.15, 0.2) is 0 Å². The van der Waals surface area contributed by atoms with Crippen LogP contribution in [-0.2, 0) is 0 Å². The number of hydrogen-bond acceptors (Lipinski definition) is 1. The Kier molecular flexibility index (Phi) is 12.5. The molecule has 1 unspecified atom stereocenters. The molecular formula is C13H28ClN. The van der Waals surface area contributed by atoms with Crippen molar-refractivity contribution < 1.29 is 0 Å². The monoisotopic (exact) mass is 233 g/mol. The van der Waals surface area contributed by atoms with Gasteiger partial charge in [-0.15, -0.1) is 11.6 Å². The largest absolute Gasteiger partial charge is 0.316 e. The second-order valence-corrected chi connectivity index (χ2v) is 4.75. The molecule has 92 valence electrons. The van der Waals surface area contributed by atoms with Gasteiger partial charge < -0.3 is 5.32 Å². The summed E-state index contributed by atoms with van der Waals surface area (Å²) in [5, 5.41) is 3.56. The Balaban J connectivity index is 3.22. The molecule has 0 heterocycles. The van der Waals surface area contributed by atoms with Crippen molar-refractivity contribution in [3.63, 3.8) is 0 Å². The van der Waals surface area contributed by atoms with Crippen molar-refractivity contribution in [2.24, 2.45) is 5.92 Å². The highest BCUT2D eigenvalue weighted by molar-refractivity contribution is 6.17. The zero-order valence-electron chi connectivity index (χ0n) is 10.5. The van der Waals surface area contributed by atoms with Gasteiger partial charge in [0.05, 0.1) is 0 Å². The van der Waals surface area contributed by atoms with E-state index in [1.165, 1.54) is 51.6 Å². The van der Waals surface area contributed by atoms with Crippen LogP contribution in [0.2, 0.25) is 0 Å². The molecule has 0 aliphatic carbocycles. The molecule has 0 amide bonds. The molecule has 0 saturated heterocycles. The first-order chi connectivity index (χ1) is 7.35. The van der Waals surface area contributed by atoms with E-state index in [1.807, 2.05) is 0 Å². The van der Waals surface area contributed by atoms with Gasteiger partial charge in [0.1, 0.15) is 0 Å². The van der Waals surface area contributed by atoms with Gasteiger partial charge in [0.2, 0.25) is 0 Å². The fourth-order valence-corrected chi connectivity index (χ4v) is 1.96. The molecule has 1 atom stereocenters. The van der Waals surface area contributed by atoms with Gasteiger partial charge in [-0.2, -0.15) is 0 Å². The van der Waals surface area contributed by atoms with Crippen LogP contribution < -0.4 is 5.32 Å². The first kappa shape index (κ1) is 15.2. The van der Waals surface area contributed by atoms with E-state index < -0.39 is 0 Å². The smallest absolute Gasteiger partial charge is 0.0223 e. The molecule has 0 spiro atoms. The second-order valence-electron chi connectivity index (χ2n) is 4.37. The lowest BCUT2D eigenvalue weighted by molar-refractivity contribution is 0.417. The Hall–Kier alpha value is 0.250. The maximum Gasteiger partial charge on any atom is 0.0223 e. The lowest BCUT2D eigenvalue weighted by atomic mass is 9.99. The zero-order valence-corrected chi connectivity index (χ0v) is 11.3. The highest BCUT2D eigenvalue weighted by Gasteiger charge is 2.04. The van der Waals surface area contributed by atoms with E-state index in [-0.39, 0.29) is 0 Å². The highest BCUT2D eigenvalue weighted by atomic mass is 35.5. The summed E-state index contributed by atoms with van der Waals surface area (Å²) in [6, 6.07) is 0. The van der Waals surface area contributed by atoms with Crippen LogP contribution in [-0.4, -0.2) is 19.0 Å². The van der Waals surface area contributed by atoms with Crippen molar-refractivity contribution >= 4 is 11.6 Å². The molecule has 0 aromatic heterocycles. The normalized spacial score (nSPS) is 13.0. The van der Waals surface area contributed by atoms with Crippen LogP contribution >= 0.6 is 11.6 Å². The Morgan fingerprint density at radius 2 is 1.87 bits per heavy atom. The van der Waals surface area contributed by atoms with Gasteiger partial charge in [-0.05, 0) is 38.3 Å². The van der Waals surface area contributed by atoms with Crippen LogP contribution in [0, 0.1) is 5.92 Å². The van der Waals surface area contributed by atoms with Gasteiger partial charge in [0.25, 0.3) is 0 Å². The van der Waals surface area contributed by atoms with Gasteiger partial charge in [-0.25, -0.2) is 0 Å². The topological polar surface area (TPSA) is 12.0 Å². The van der Waals surface area contributed by atoms with Crippen LogP contribution in [0.3, 0.4) is 0 Å². The number of halogens is 1. The average Bonchev–Trinajstić information content (AvgIpc) is 2.27. The standard InChI is InChI=1S/C13H28ClN/c1-3-5-9-13(4-2)12-15-11-8-6-7-10-14/h13,15H,3-12H2,1-2H3. The molecule has 0 saturated carbocycles. The number of unbranched alkanes of at least 4 members (excludes halogenated alkanes) is 3. The number of nitrogens with one attached hydrogen (secondary N) is 1. The van der Waals surface area contributed by atoms with Crippen molar-refractivity contribution in [3.05, 3.63) is 0 Å². The number of rotatable bonds is 11. The molecule has 0 rings (SSSR count). The van der Waals surface area contributed by atoms with Crippen molar-refractivity contribution in [3.8, 4) is 0 Å². The summed E-state index contributed by atoms with van der Waals surface area (Å²) in [6.45, 7) is 6.94. The Morgan fingerprint density at radius 1 is 1.07 bits per heavy atom. The van der Waals surface area contributed by atoms with Crippen molar-refractivity contribution in [1.82, 2.24) is 5.32 Å². The van der Waals surface area contributed by atoms with E-state index in [2.05, 4.69) is 19.2 Å². The second kappa shape index (κ2) is 12.3. The van der Waals surface area contributed by atoms with Gasteiger partial charge in [0, 0.05) is 5.88 Å². The minimum absolute atomic E-state index is 0.814. The van der Waals surface area contributed by atoms with E-state index in [9.17, 15) is 0 Å². The van der Waals surface area contributed by atoms with Crippen molar-refractivity contribution in [1.29, 1.82) is 0 Å². The average molecular weight is 234 g/mol. The molecule has 0 aromatic carbocycles. The van der Waals surface area contributed by atoms with Gasteiger partial charge >= 0.3 is 0 Å². The van der Waals surface area contributed by atoms with E-state index in [1.54, 1.807) is 0 Å². The number of hydrogen-bond donors (Lipinski definition) is 1. The van der Waals surface area contributed by atoms with E-state index in [0.717, 1.165) is 18.2 Å². The molecule has 0 aliphatic heterocycles. The molecule has 2 heteroatoms. The van der Waals surface area contributed by atoms with Crippen LogP contribution in [0.1, 0.15) is 58.8 Å². The van der Waals surface area contributed by atoms with Crippen LogP contribution in [0.5, 0.6) is 0 Å². The minimum Gasteiger partial charge on any atom is -0.316 e. The van der Waals surface area contributed by atoms with E-state index >= 15 is 0 Å². The molecule has 0 aromatic rings. The lowest BCUT2D eigenvalue weighted by Gasteiger charge is -2.15. The third-order valence-electron chi connectivity index (χ3n) is 2.96. The molecule has 1 N–H and O–H groups in total. The quantitative estimate of drug-likeness (QED) is 0.417. The first-order valence-corrected chi connectivity index (χ1v) is 7.15. The molecule has 0 bridgehead atoms. The maximum absolute atomic E-state index is 5.62. The zero-order chi connectivity index (χ0) is 11.4. The first-order valence-electron chi connectivity index (χ1n) is 6.61. The fourth-order valence-electron chi connectivity index (χ4n) is 1.77. The summed E-state index contributed by atoms with van der Waals surface area (Å²) in [7, 11) is 0. The minimum atomic E-state index is 0.814. The lowest BCUT2D eigenvalue weighted by Crippen LogP contribution is -2.23. The summed E-state index contributed by atoms with van der Waals surface area (Å²) in [5.41, 5.74) is 0. The third-order valence-corrected chi connectivity index (χ3v) is 3.23. The molecule has 15 heavy (non-hydrogen) atoms. The van der Waals surface area contributed by atoms with Gasteiger partial charge in [-0.3, -0.25) is 0 Å². The summed E-state index contributed by atoms with van der Waals surface area (Å²) >= 11 is 5.62. The Labute approximate surface area is 101 Å². The summed E-state index contributed by atoms with van der Waals surface area (Å²) in [5.74, 6) is 1.70. The Bertz CT molecular complexity index is 117. The highest BCUT2D eigenvalue weighted by Crippen LogP contribution is 2.11. The van der Waals surface area contributed by atoms with Crippen LogP contribution in [0.4, 0.5) is 0 Å². The van der Waals surface area contributed by atoms with Gasteiger partial charge in [-0.1, -0.05) is 39.5 Å². The summed E-state index contributed by atoms with van der Waals surface area (Å²) < 4.78 is 0. The molecule has 1 nitrogen and oxygen atoms in total. The fraction of sp³-hybridized carbons (Fsp3) is 1.00. The molecule has 0 radical (unpaired) electrons. The summed E-state index contributed by atoms with van der Waals surface area (Å²) in [4.78, 5) is 0.